The zero-order chi connectivity index (χ0) is 23.1. The summed E-state index contributed by atoms with van der Waals surface area (Å²) in [5.41, 5.74) is 9.00. The number of rotatable bonds is 4. The van der Waals surface area contributed by atoms with Crippen molar-refractivity contribution in [2.24, 2.45) is 7.05 Å². The number of aryl methyl sites for hydroxylation is 3. The van der Waals surface area contributed by atoms with E-state index in [0.29, 0.717) is 0 Å². The highest BCUT2D eigenvalue weighted by Gasteiger charge is 2.21. The fourth-order valence-corrected chi connectivity index (χ4v) is 4.56. The van der Waals surface area contributed by atoms with E-state index in [-0.39, 0.29) is 0 Å². The van der Waals surface area contributed by atoms with Crippen molar-refractivity contribution < 1.29 is 8.98 Å². The summed E-state index contributed by atoms with van der Waals surface area (Å²) in [6.45, 7) is 10.2. The largest absolute Gasteiger partial charge is 0.455 e. The number of hydrogen-bond acceptors (Lipinski definition) is 1. The van der Waals surface area contributed by atoms with Crippen LogP contribution >= 0.6 is 0 Å². The predicted octanol–water partition coefficient (Wildman–Crippen LogP) is 7.99. The molecule has 5 rings (SSSR count). The van der Waals surface area contributed by atoms with Crippen LogP contribution in [0.4, 0.5) is 0 Å². The van der Waals surface area contributed by atoms with Crippen LogP contribution in [0.3, 0.4) is 0 Å². The molecule has 2 heteroatoms. The molecule has 0 radical (unpaired) electrons. The highest BCUT2D eigenvalue weighted by Crippen LogP contribution is 2.39. The van der Waals surface area contributed by atoms with Crippen LogP contribution in [-0.4, -0.2) is 0 Å². The monoisotopic (exact) mass is 430 g/mol. The number of hydrogen-bond donors (Lipinski definition) is 0. The second kappa shape index (κ2) is 8.22. The first kappa shape index (κ1) is 21.0. The molecule has 2 heterocycles. The van der Waals surface area contributed by atoms with E-state index < -0.39 is 0 Å². The minimum absolute atomic E-state index is 0.928. The lowest BCUT2D eigenvalue weighted by Crippen LogP contribution is -2.30. The lowest BCUT2D eigenvalue weighted by Gasteiger charge is -2.08. The zero-order valence-corrected chi connectivity index (χ0v) is 19.6. The van der Waals surface area contributed by atoms with Crippen molar-refractivity contribution >= 4 is 38.3 Å². The molecule has 0 amide bonds. The van der Waals surface area contributed by atoms with Crippen molar-refractivity contribution in [1.29, 1.82) is 0 Å². The number of aromatic nitrogens is 1. The van der Waals surface area contributed by atoms with Crippen molar-refractivity contribution in [3.05, 3.63) is 108 Å². The summed E-state index contributed by atoms with van der Waals surface area (Å²) in [7, 11) is 2.09. The average Bonchev–Trinajstić information content (AvgIpc) is 3.15. The third-order valence-electron chi connectivity index (χ3n) is 6.42. The first-order valence-corrected chi connectivity index (χ1v) is 11.3. The number of benzene rings is 3. The molecule has 2 nitrogen and oxygen atoms in total. The van der Waals surface area contributed by atoms with Gasteiger partial charge in [-0.25, -0.2) is 4.57 Å². The van der Waals surface area contributed by atoms with Crippen LogP contribution in [0.25, 0.3) is 49.5 Å². The van der Waals surface area contributed by atoms with Gasteiger partial charge in [-0.05, 0) is 60.4 Å². The normalized spacial score (nSPS) is 12.4. The molecule has 0 saturated heterocycles. The van der Waals surface area contributed by atoms with Gasteiger partial charge in [-0.15, -0.1) is 0 Å². The molecular formula is C31H28NO+. The molecule has 33 heavy (non-hydrogen) atoms. The molecule has 5 aromatic rings. The molecule has 0 N–H and O–H groups in total. The molecule has 0 aliphatic heterocycles. The van der Waals surface area contributed by atoms with Crippen molar-refractivity contribution in [2.45, 2.75) is 20.8 Å². The quantitative estimate of drug-likeness (QED) is 0.208. The van der Waals surface area contributed by atoms with Crippen molar-refractivity contribution in [1.82, 2.24) is 0 Å². The zero-order valence-electron chi connectivity index (χ0n) is 19.6. The standard InChI is InChI=1S/C31H28NO/c1-6-7-8-9-21(3)23-14-15-32(5)28(18-23)30-22(4)11-13-26-27-17-25-16-20(2)10-12-24(25)19-29(27)33-31(26)30/h6-19H,1H2,2-5H3/q+1/b8-7-,21-9+. The third kappa shape index (κ3) is 3.68. The third-order valence-corrected chi connectivity index (χ3v) is 6.42. The van der Waals surface area contributed by atoms with Crippen LogP contribution < -0.4 is 4.57 Å². The van der Waals surface area contributed by atoms with Crippen LogP contribution in [0.5, 0.6) is 0 Å². The molecule has 0 aliphatic rings. The summed E-state index contributed by atoms with van der Waals surface area (Å²) in [5, 5.41) is 4.76. The van der Waals surface area contributed by atoms with Crippen LogP contribution in [-0.2, 0) is 7.05 Å². The Kier molecular flexibility index (Phi) is 5.22. The van der Waals surface area contributed by atoms with Gasteiger partial charge in [0, 0.05) is 22.9 Å². The Hall–Kier alpha value is -3.91. The van der Waals surface area contributed by atoms with E-state index in [1.807, 2.05) is 12.2 Å². The lowest BCUT2D eigenvalue weighted by molar-refractivity contribution is -0.660. The van der Waals surface area contributed by atoms with Gasteiger partial charge in [-0.3, -0.25) is 0 Å². The molecular weight excluding hydrogens is 402 g/mol. The van der Waals surface area contributed by atoms with Crippen LogP contribution in [0.1, 0.15) is 23.6 Å². The fraction of sp³-hybridized carbons (Fsp3) is 0.129. The van der Waals surface area contributed by atoms with Crippen molar-refractivity contribution in [3.8, 4) is 11.3 Å². The predicted molar refractivity (Wildman–Crippen MR) is 140 cm³/mol. The van der Waals surface area contributed by atoms with Gasteiger partial charge in [0.15, 0.2) is 6.20 Å². The lowest BCUT2D eigenvalue weighted by atomic mass is 9.97. The summed E-state index contributed by atoms with van der Waals surface area (Å²) in [6, 6.07) is 19.8. The number of pyridine rings is 1. The summed E-state index contributed by atoms with van der Waals surface area (Å²) in [6.07, 6.45) is 9.99. The Morgan fingerprint density at radius 3 is 2.58 bits per heavy atom. The molecule has 3 aromatic carbocycles. The van der Waals surface area contributed by atoms with Gasteiger partial charge < -0.3 is 4.42 Å². The molecule has 0 aliphatic carbocycles. The Balaban J connectivity index is 1.77. The number of fused-ring (bicyclic) bond motifs is 4. The van der Waals surface area contributed by atoms with Crippen LogP contribution in [0.15, 0.2) is 96.1 Å². The van der Waals surface area contributed by atoms with Gasteiger partial charge >= 0.3 is 0 Å². The summed E-state index contributed by atoms with van der Waals surface area (Å²) >= 11 is 0. The smallest absolute Gasteiger partial charge is 0.216 e. The number of allylic oxidation sites excluding steroid dienone is 5. The molecule has 0 spiro atoms. The molecule has 0 saturated carbocycles. The van der Waals surface area contributed by atoms with Gasteiger partial charge in [0.25, 0.3) is 0 Å². The van der Waals surface area contributed by atoms with Gasteiger partial charge in [-0.2, -0.15) is 0 Å². The minimum Gasteiger partial charge on any atom is -0.455 e. The Morgan fingerprint density at radius 1 is 0.909 bits per heavy atom. The highest BCUT2D eigenvalue weighted by atomic mass is 16.3. The van der Waals surface area contributed by atoms with E-state index in [2.05, 4.69) is 106 Å². The Morgan fingerprint density at radius 2 is 1.76 bits per heavy atom. The topological polar surface area (TPSA) is 17.0 Å². The van der Waals surface area contributed by atoms with Crippen molar-refractivity contribution in [3.63, 3.8) is 0 Å². The van der Waals surface area contributed by atoms with Gasteiger partial charge in [0.1, 0.15) is 18.2 Å². The van der Waals surface area contributed by atoms with Crippen LogP contribution in [0, 0.1) is 13.8 Å². The SMILES string of the molecule is C=C/C=C\C=C(/C)c1cc[n+](C)c(-c2c(C)ccc3c2oc2cc4ccc(C)cc4cc23)c1. The maximum Gasteiger partial charge on any atom is 0.216 e. The summed E-state index contributed by atoms with van der Waals surface area (Å²) < 4.78 is 8.71. The number of nitrogens with zero attached hydrogens (tertiary/aromatic N) is 1. The van der Waals surface area contributed by atoms with E-state index in [9.17, 15) is 0 Å². The van der Waals surface area contributed by atoms with E-state index in [1.54, 1.807) is 6.08 Å². The molecule has 0 bridgehead atoms. The molecule has 0 fully saturated rings. The average molecular weight is 431 g/mol. The van der Waals surface area contributed by atoms with E-state index in [1.165, 1.54) is 33.0 Å². The van der Waals surface area contributed by atoms with Crippen molar-refractivity contribution in [2.75, 3.05) is 0 Å². The van der Waals surface area contributed by atoms with E-state index >= 15 is 0 Å². The van der Waals surface area contributed by atoms with Gasteiger partial charge in [0.05, 0.1) is 5.56 Å². The maximum absolute atomic E-state index is 6.54. The number of furan rings is 1. The second-order valence-electron chi connectivity index (χ2n) is 8.82. The summed E-state index contributed by atoms with van der Waals surface area (Å²) in [5.74, 6) is 0. The van der Waals surface area contributed by atoms with Gasteiger partial charge in [0.2, 0.25) is 5.69 Å². The molecule has 162 valence electrons. The van der Waals surface area contributed by atoms with Crippen LogP contribution in [0.2, 0.25) is 0 Å². The second-order valence-corrected chi connectivity index (χ2v) is 8.82. The molecule has 0 unspecified atom stereocenters. The summed E-state index contributed by atoms with van der Waals surface area (Å²) in [4.78, 5) is 0. The first-order valence-electron chi connectivity index (χ1n) is 11.3. The van der Waals surface area contributed by atoms with Gasteiger partial charge in [-0.1, -0.05) is 66.8 Å². The Labute approximate surface area is 194 Å². The Bertz CT molecular complexity index is 1610. The molecule has 2 aromatic heterocycles. The fourth-order valence-electron chi connectivity index (χ4n) is 4.56. The minimum atomic E-state index is 0.928. The maximum atomic E-state index is 6.54. The highest BCUT2D eigenvalue weighted by molar-refractivity contribution is 6.13. The first-order chi connectivity index (χ1) is 16.0. The van der Waals surface area contributed by atoms with E-state index in [0.717, 1.165) is 33.2 Å². The molecule has 0 atom stereocenters. The van der Waals surface area contributed by atoms with E-state index in [4.69, 9.17) is 4.42 Å².